The minimum absolute atomic E-state index is 0.00585. The lowest BCUT2D eigenvalue weighted by atomic mass is 9.33. The molecule has 76 heavy (non-hydrogen) atoms. The smallest absolute Gasteiger partial charge is 0.254 e. The fraction of sp³-hybridized carbons (Fsp3) is 0.296. The molecular weight excluding hydrogens is 938 g/mol. The van der Waals surface area contributed by atoms with Crippen LogP contribution in [0.4, 0.5) is 50.5 Å². The Morgan fingerprint density at radius 3 is 1.72 bits per heavy atom. The number of benzene rings is 8. The molecule has 9 aromatic rings. The van der Waals surface area contributed by atoms with Crippen molar-refractivity contribution in [3.8, 4) is 11.1 Å². The average molecular weight is 1010 g/mol. The van der Waals surface area contributed by atoms with E-state index >= 15 is 0 Å². The van der Waals surface area contributed by atoms with Gasteiger partial charge in [-0.2, -0.15) is 0 Å². The van der Waals surface area contributed by atoms with Crippen LogP contribution in [0.1, 0.15) is 135 Å². The van der Waals surface area contributed by atoms with Gasteiger partial charge in [-0.25, -0.2) is 0 Å². The normalized spacial score (nSPS) is 17.3. The number of anilines is 9. The van der Waals surface area contributed by atoms with Crippen molar-refractivity contribution >= 4 is 95.0 Å². The van der Waals surface area contributed by atoms with Gasteiger partial charge < -0.3 is 14.7 Å². The molecule has 13 rings (SSSR count). The zero-order chi connectivity index (χ0) is 52.8. The van der Waals surface area contributed by atoms with E-state index in [4.69, 9.17) is 0 Å². The first-order valence-electron chi connectivity index (χ1n) is 28.0. The summed E-state index contributed by atoms with van der Waals surface area (Å²) in [7, 11) is 0. The lowest BCUT2D eigenvalue weighted by Gasteiger charge is -2.50. The molecule has 5 heteroatoms. The Kier molecular flexibility index (Phi) is 11.0. The number of aryl methyl sites for hydroxylation is 1. The topological polar surface area (TPSA) is 9.72 Å². The van der Waals surface area contributed by atoms with Crippen LogP contribution < -0.4 is 31.1 Å². The van der Waals surface area contributed by atoms with Gasteiger partial charge in [0, 0.05) is 44.4 Å². The molecule has 380 valence electrons. The molecule has 8 aromatic carbocycles. The van der Waals surface area contributed by atoms with E-state index in [9.17, 15) is 0 Å². The zero-order valence-corrected chi connectivity index (χ0v) is 47.6. The van der Waals surface area contributed by atoms with Gasteiger partial charge in [0.2, 0.25) is 0 Å². The molecule has 0 fully saturated rings. The van der Waals surface area contributed by atoms with Crippen LogP contribution in [-0.2, 0) is 27.1 Å². The van der Waals surface area contributed by atoms with Gasteiger partial charge in [-0.15, -0.1) is 11.3 Å². The second-order valence-corrected chi connectivity index (χ2v) is 27.4. The largest absolute Gasteiger partial charge is 0.311 e. The van der Waals surface area contributed by atoms with E-state index < -0.39 is 0 Å². The molecule has 1 aromatic heterocycles. The van der Waals surface area contributed by atoms with Crippen LogP contribution in [0.15, 0.2) is 170 Å². The number of rotatable bonds is 6. The van der Waals surface area contributed by atoms with Gasteiger partial charge in [0.15, 0.2) is 0 Å². The number of hydrogen-bond acceptors (Lipinski definition) is 4. The predicted molar refractivity (Wildman–Crippen MR) is 330 cm³/mol. The molecule has 2 aliphatic heterocycles. The second kappa shape index (κ2) is 17.1. The van der Waals surface area contributed by atoms with Crippen LogP contribution in [0.25, 0.3) is 21.2 Å². The number of thiophene rings is 1. The second-order valence-electron chi connectivity index (χ2n) is 26.4. The molecule has 0 unspecified atom stereocenters. The Hall–Kier alpha value is -6.82. The first kappa shape index (κ1) is 48.8. The van der Waals surface area contributed by atoms with Crippen LogP contribution in [0.5, 0.6) is 0 Å². The Labute approximate surface area is 457 Å². The van der Waals surface area contributed by atoms with Gasteiger partial charge in [0.05, 0.1) is 16.4 Å². The third-order valence-electron chi connectivity index (χ3n) is 18.3. The van der Waals surface area contributed by atoms with E-state index in [1.807, 2.05) is 11.3 Å². The van der Waals surface area contributed by atoms with Crippen LogP contribution in [-0.4, -0.2) is 6.71 Å². The van der Waals surface area contributed by atoms with Crippen molar-refractivity contribution in [1.29, 1.82) is 0 Å². The Morgan fingerprint density at radius 1 is 0.500 bits per heavy atom. The summed E-state index contributed by atoms with van der Waals surface area (Å²) in [6, 6.07) is 65.6. The van der Waals surface area contributed by atoms with Crippen LogP contribution >= 0.6 is 11.3 Å². The van der Waals surface area contributed by atoms with E-state index in [2.05, 4.69) is 268 Å². The summed E-state index contributed by atoms with van der Waals surface area (Å²) in [6.07, 6.45) is 4.60. The van der Waals surface area contributed by atoms with Crippen LogP contribution in [0, 0.1) is 6.92 Å². The van der Waals surface area contributed by atoms with Gasteiger partial charge in [-0.05, 0) is 182 Å². The Balaban J connectivity index is 1.23. The Bertz CT molecular complexity index is 3740. The van der Waals surface area contributed by atoms with Crippen LogP contribution in [0.2, 0.25) is 0 Å². The Morgan fingerprint density at radius 2 is 1.08 bits per heavy atom. The SMILES string of the molecule is Cc1ccc2sc3c(c2c1)B1c2ccc4c(c2N(c2ccc5c(c2)C(C)(C)CCC5(C)C)c2cc(N(c5ccccc5)c5ccccc5)cc(c21)N3c1ccc(C(C)(C)C)cc1-c1ccccc1)C(C)(C)CCC4(C)C. The standard InChI is InChI=1S/C71H72BN3S/c1-45-28-35-61-53(40-45)63-66(76-61)75(58-34-29-47(67(2,3)4)41-52(58)46-22-16-13-17-23-46)60-44-51(73(48-24-18-14-19-25-48)49-26-20-15-21-27-49)43-59-64(60)72(63)57-33-32-55-62(71(11,12)39-38-69(55,7)8)65(57)74(59)50-30-31-54-56(42-50)70(9,10)37-36-68(54,5)6/h13-35,40-44H,36-39H2,1-12H3. The molecule has 0 amide bonds. The van der Waals surface area contributed by atoms with Crippen molar-refractivity contribution in [1.82, 2.24) is 0 Å². The van der Waals surface area contributed by atoms with Crippen molar-refractivity contribution in [2.75, 3.05) is 14.7 Å². The summed E-state index contributed by atoms with van der Waals surface area (Å²) < 4.78 is 1.32. The van der Waals surface area contributed by atoms with Gasteiger partial charge in [-0.1, -0.05) is 185 Å². The highest BCUT2D eigenvalue weighted by molar-refractivity contribution is 7.26. The highest BCUT2D eigenvalue weighted by atomic mass is 32.1. The van der Waals surface area contributed by atoms with Gasteiger partial charge in [0.25, 0.3) is 6.71 Å². The molecule has 3 heterocycles. The first-order valence-corrected chi connectivity index (χ1v) is 28.8. The molecule has 0 saturated heterocycles. The predicted octanol–water partition coefficient (Wildman–Crippen LogP) is 18.4. The van der Waals surface area contributed by atoms with E-state index in [0.717, 1.165) is 36.3 Å². The quantitative estimate of drug-likeness (QED) is 0.154. The maximum Gasteiger partial charge on any atom is 0.254 e. The number of para-hydroxylation sites is 2. The fourth-order valence-electron chi connectivity index (χ4n) is 13.8. The maximum atomic E-state index is 2.78. The van der Waals surface area contributed by atoms with Crippen molar-refractivity contribution < 1.29 is 0 Å². The highest BCUT2D eigenvalue weighted by Crippen LogP contribution is 2.57. The minimum Gasteiger partial charge on any atom is -0.311 e. The van der Waals surface area contributed by atoms with E-state index in [0.29, 0.717) is 0 Å². The van der Waals surface area contributed by atoms with Gasteiger partial charge in [-0.3, -0.25) is 0 Å². The third-order valence-corrected chi connectivity index (χ3v) is 19.5. The number of nitrogens with zero attached hydrogens (tertiary/aromatic N) is 3. The lowest BCUT2D eigenvalue weighted by molar-refractivity contribution is 0.331. The molecule has 0 spiro atoms. The summed E-state index contributed by atoms with van der Waals surface area (Å²) in [5.74, 6) is 0. The van der Waals surface area contributed by atoms with Gasteiger partial charge in [0.1, 0.15) is 0 Å². The zero-order valence-electron chi connectivity index (χ0n) is 46.8. The van der Waals surface area contributed by atoms with Crippen molar-refractivity contribution in [3.63, 3.8) is 0 Å². The number of hydrogen-bond donors (Lipinski definition) is 0. The number of fused-ring (bicyclic) bond motifs is 9. The summed E-state index contributed by atoms with van der Waals surface area (Å²) in [4.78, 5) is 7.98. The summed E-state index contributed by atoms with van der Waals surface area (Å²) in [6.45, 7) is 29.2. The van der Waals surface area contributed by atoms with Crippen molar-refractivity contribution in [2.24, 2.45) is 0 Å². The molecular formula is C71H72BN3S. The molecule has 0 N–H and O–H groups in total. The van der Waals surface area contributed by atoms with E-state index in [1.165, 1.54) is 111 Å². The molecule has 0 bridgehead atoms. The molecule has 4 aliphatic rings. The fourth-order valence-corrected chi connectivity index (χ4v) is 15.1. The highest BCUT2D eigenvalue weighted by Gasteiger charge is 2.50. The van der Waals surface area contributed by atoms with Crippen molar-refractivity contribution in [3.05, 3.63) is 203 Å². The minimum atomic E-state index is -0.0851. The summed E-state index contributed by atoms with van der Waals surface area (Å²) >= 11 is 1.96. The van der Waals surface area contributed by atoms with Crippen molar-refractivity contribution in [2.45, 2.75) is 136 Å². The molecule has 3 nitrogen and oxygen atoms in total. The summed E-state index contributed by atoms with van der Waals surface area (Å²) in [5.41, 5.74) is 24.8. The van der Waals surface area contributed by atoms with E-state index in [1.54, 1.807) is 0 Å². The van der Waals surface area contributed by atoms with Gasteiger partial charge >= 0.3 is 0 Å². The third kappa shape index (κ3) is 7.57. The molecule has 0 radical (unpaired) electrons. The van der Waals surface area contributed by atoms with E-state index in [-0.39, 0.29) is 33.8 Å². The first-order chi connectivity index (χ1) is 36.2. The van der Waals surface area contributed by atoms with Crippen LogP contribution in [0.3, 0.4) is 0 Å². The maximum absolute atomic E-state index is 2.78. The average Bonchev–Trinajstić information content (AvgIpc) is 3.97. The summed E-state index contributed by atoms with van der Waals surface area (Å²) in [5, 5.41) is 2.65. The lowest BCUT2D eigenvalue weighted by Crippen LogP contribution is -2.61. The molecule has 0 saturated carbocycles. The molecule has 0 atom stereocenters. The molecule has 2 aliphatic carbocycles. The monoisotopic (exact) mass is 1010 g/mol.